The third-order valence-electron chi connectivity index (χ3n) is 4.22. The highest BCUT2D eigenvalue weighted by Gasteiger charge is 2.25. The van der Waals surface area contributed by atoms with E-state index >= 15 is 0 Å². The zero-order chi connectivity index (χ0) is 21.4. The molecular formula is C20H22N4O5. The van der Waals surface area contributed by atoms with Crippen LogP contribution < -0.4 is 16.4 Å². The quantitative estimate of drug-likeness (QED) is 0.424. The molecule has 0 saturated heterocycles. The highest BCUT2D eigenvalue weighted by molar-refractivity contribution is 5.91. The summed E-state index contributed by atoms with van der Waals surface area (Å²) in [5.74, 6) is -1.68. The zero-order valence-corrected chi connectivity index (χ0v) is 15.8. The average Bonchev–Trinajstić information content (AvgIpc) is 2.67. The van der Waals surface area contributed by atoms with Crippen LogP contribution in [0.2, 0.25) is 0 Å². The lowest BCUT2D eigenvalue weighted by Gasteiger charge is -2.21. The van der Waals surface area contributed by atoms with Gasteiger partial charge in [-0.2, -0.15) is 0 Å². The lowest BCUT2D eigenvalue weighted by molar-refractivity contribution is -0.384. The smallest absolute Gasteiger partial charge is 0.269 e. The van der Waals surface area contributed by atoms with Crippen LogP contribution in [0, 0.1) is 10.1 Å². The monoisotopic (exact) mass is 398 g/mol. The summed E-state index contributed by atoms with van der Waals surface area (Å²) in [6.45, 7) is 1.30. The first-order valence-electron chi connectivity index (χ1n) is 8.90. The summed E-state index contributed by atoms with van der Waals surface area (Å²) < 4.78 is 0. The molecule has 0 aromatic heterocycles. The fraction of sp³-hybridized carbons (Fsp3) is 0.250. The number of hydrogen-bond acceptors (Lipinski definition) is 5. The van der Waals surface area contributed by atoms with Gasteiger partial charge in [-0.15, -0.1) is 0 Å². The summed E-state index contributed by atoms with van der Waals surface area (Å²) in [4.78, 5) is 46.3. The van der Waals surface area contributed by atoms with E-state index in [1.807, 2.05) is 30.3 Å². The second-order valence-electron chi connectivity index (χ2n) is 6.53. The maximum atomic E-state index is 12.7. The normalized spacial score (nSPS) is 12.4. The lowest BCUT2D eigenvalue weighted by Crippen LogP contribution is -2.54. The number of amides is 3. The third kappa shape index (κ3) is 6.73. The van der Waals surface area contributed by atoms with Crippen molar-refractivity contribution >= 4 is 23.4 Å². The van der Waals surface area contributed by atoms with Gasteiger partial charge < -0.3 is 16.4 Å². The van der Waals surface area contributed by atoms with Crippen LogP contribution in [0.15, 0.2) is 54.6 Å². The van der Waals surface area contributed by atoms with Crippen LogP contribution in [0.1, 0.15) is 18.1 Å². The largest absolute Gasteiger partial charge is 0.368 e. The Morgan fingerprint density at radius 3 is 2.00 bits per heavy atom. The van der Waals surface area contributed by atoms with E-state index in [0.717, 1.165) is 5.56 Å². The van der Waals surface area contributed by atoms with Gasteiger partial charge in [0.05, 0.1) is 4.92 Å². The number of nitro groups is 1. The number of rotatable bonds is 9. The summed E-state index contributed by atoms with van der Waals surface area (Å²) in [5.41, 5.74) is 6.77. The Morgan fingerprint density at radius 1 is 0.931 bits per heavy atom. The molecule has 0 saturated carbocycles. The fourth-order valence-corrected chi connectivity index (χ4v) is 2.79. The van der Waals surface area contributed by atoms with E-state index in [9.17, 15) is 24.5 Å². The summed E-state index contributed by atoms with van der Waals surface area (Å²) in [7, 11) is 0. The first kappa shape index (κ1) is 21.5. The van der Waals surface area contributed by atoms with E-state index in [1.165, 1.54) is 31.2 Å². The van der Waals surface area contributed by atoms with Gasteiger partial charge >= 0.3 is 0 Å². The summed E-state index contributed by atoms with van der Waals surface area (Å²) in [5, 5.41) is 15.9. The van der Waals surface area contributed by atoms with E-state index in [0.29, 0.717) is 5.56 Å². The van der Waals surface area contributed by atoms with Gasteiger partial charge in [0, 0.05) is 31.9 Å². The van der Waals surface area contributed by atoms with E-state index in [4.69, 9.17) is 5.73 Å². The molecule has 0 bridgehead atoms. The maximum absolute atomic E-state index is 12.7. The van der Waals surface area contributed by atoms with Crippen molar-refractivity contribution in [2.45, 2.75) is 31.8 Å². The Kier molecular flexibility index (Phi) is 7.41. The zero-order valence-electron chi connectivity index (χ0n) is 15.8. The summed E-state index contributed by atoms with van der Waals surface area (Å²) >= 11 is 0. The first-order chi connectivity index (χ1) is 13.8. The molecule has 0 spiro atoms. The molecule has 0 heterocycles. The Hall–Kier alpha value is -3.75. The molecule has 0 radical (unpaired) electrons. The number of hydrogen-bond donors (Lipinski definition) is 3. The molecule has 4 N–H and O–H groups in total. The molecule has 0 aliphatic rings. The molecule has 29 heavy (non-hydrogen) atoms. The summed E-state index contributed by atoms with van der Waals surface area (Å²) in [6.07, 6.45) is 0.312. The van der Waals surface area contributed by atoms with Gasteiger partial charge in [-0.3, -0.25) is 24.5 Å². The SMILES string of the molecule is CC(=O)N[C@H](Cc1ccccc1)C(=O)N[C@H](Cc1ccc([N+](=O)[O-])cc1)C(N)=O. The Balaban J connectivity index is 2.11. The standard InChI is InChI=1S/C20H22N4O5/c1-13(25)22-18(12-14-5-3-2-4-6-14)20(27)23-17(19(21)26)11-15-7-9-16(10-8-15)24(28)29/h2-10,17-18H,11-12H2,1H3,(H2,21,26)(H,22,25)(H,23,27)/t17-,18-/m1/s1. The number of nitrogens with one attached hydrogen (secondary N) is 2. The molecule has 2 rings (SSSR count). The molecule has 0 fully saturated rings. The van der Waals surface area contributed by atoms with Gasteiger partial charge in [-0.1, -0.05) is 42.5 Å². The predicted molar refractivity (Wildman–Crippen MR) is 106 cm³/mol. The number of benzene rings is 2. The van der Waals surface area contributed by atoms with E-state index in [-0.39, 0.29) is 24.4 Å². The number of nitrogens with two attached hydrogens (primary N) is 1. The predicted octanol–water partition coefficient (Wildman–Crippen LogP) is 0.855. The van der Waals surface area contributed by atoms with Crippen molar-refractivity contribution in [3.05, 3.63) is 75.8 Å². The number of carbonyl (C=O) groups excluding carboxylic acids is 3. The minimum absolute atomic E-state index is 0.0667. The number of primary amides is 1. The van der Waals surface area contributed by atoms with Crippen molar-refractivity contribution in [1.82, 2.24) is 10.6 Å². The van der Waals surface area contributed by atoms with Gasteiger partial charge in [0.1, 0.15) is 12.1 Å². The van der Waals surface area contributed by atoms with Gasteiger partial charge in [-0.05, 0) is 11.1 Å². The third-order valence-corrected chi connectivity index (χ3v) is 4.22. The van der Waals surface area contributed by atoms with E-state index in [2.05, 4.69) is 10.6 Å². The summed E-state index contributed by atoms with van der Waals surface area (Å²) in [6, 6.07) is 12.8. The Bertz CT molecular complexity index is 884. The first-order valence-corrected chi connectivity index (χ1v) is 8.90. The molecule has 2 atom stereocenters. The molecule has 2 aromatic rings. The van der Waals surface area contributed by atoms with Crippen LogP contribution in [-0.4, -0.2) is 34.7 Å². The highest BCUT2D eigenvalue weighted by atomic mass is 16.6. The van der Waals surface area contributed by atoms with Crippen LogP contribution in [0.25, 0.3) is 0 Å². The molecule has 0 aliphatic heterocycles. The van der Waals surface area contributed by atoms with Crippen molar-refractivity contribution < 1.29 is 19.3 Å². The number of nitro benzene ring substituents is 1. The number of non-ortho nitro benzene ring substituents is 1. The highest BCUT2D eigenvalue weighted by Crippen LogP contribution is 2.13. The van der Waals surface area contributed by atoms with Crippen molar-refractivity contribution in [3.63, 3.8) is 0 Å². The minimum Gasteiger partial charge on any atom is -0.368 e. The molecule has 3 amide bonds. The Morgan fingerprint density at radius 2 is 1.48 bits per heavy atom. The fourth-order valence-electron chi connectivity index (χ4n) is 2.79. The van der Waals surface area contributed by atoms with E-state index in [1.54, 1.807) is 0 Å². The van der Waals surface area contributed by atoms with Gasteiger partial charge in [0.2, 0.25) is 17.7 Å². The second-order valence-corrected chi connectivity index (χ2v) is 6.53. The molecule has 0 aliphatic carbocycles. The second kappa shape index (κ2) is 9.98. The van der Waals surface area contributed by atoms with Crippen LogP contribution in [0.5, 0.6) is 0 Å². The van der Waals surface area contributed by atoms with Gasteiger partial charge in [-0.25, -0.2) is 0 Å². The average molecular weight is 398 g/mol. The van der Waals surface area contributed by atoms with Crippen LogP contribution >= 0.6 is 0 Å². The van der Waals surface area contributed by atoms with Gasteiger partial charge in [0.15, 0.2) is 0 Å². The van der Waals surface area contributed by atoms with Gasteiger partial charge in [0.25, 0.3) is 5.69 Å². The molecular weight excluding hydrogens is 376 g/mol. The van der Waals surface area contributed by atoms with Crippen molar-refractivity contribution in [2.75, 3.05) is 0 Å². The number of carbonyl (C=O) groups is 3. The topological polar surface area (TPSA) is 144 Å². The van der Waals surface area contributed by atoms with E-state index < -0.39 is 28.8 Å². The molecule has 0 unspecified atom stereocenters. The molecule has 9 nitrogen and oxygen atoms in total. The Labute approximate surface area is 167 Å². The molecule has 9 heteroatoms. The number of nitrogens with zero attached hydrogens (tertiary/aromatic N) is 1. The maximum Gasteiger partial charge on any atom is 0.269 e. The molecule has 2 aromatic carbocycles. The van der Waals surface area contributed by atoms with Crippen molar-refractivity contribution in [2.24, 2.45) is 5.73 Å². The van der Waals surface area contributed by atoms with Crippen LogP contribution in [0.3, 0.4) is 0 Å². The van der Waals surface area contributed by atoms with Crippen LogP contribution in [0.4, 0.5) is 5.69 Å². The lowest BCUT2D eigenvalue weighted by atomic mass is 10.0. The molecule has 152 valence electrons. The minimum atomic E-state index is -1.03. The van der Waals surface area contributed by atoms with Crippen LogP contribution in [-0.2, 0) is 27.2 Å². The van der Waals surface area contributed by atoms with Crippen molar-refractivity contribution in [1.29, 1.82) is 0 Å². The van der Waals surface area contributed by atoms with Crippen molar-refractivity contribution in [3.8, 4) is 0 Å².